The lowest BCUT2D eigenvalue weighted by Gasteiger charge is -2.23. The number of aromatic nitrogens is 3. The van der Waals surface area contributed by atoms with Crippen LogP contribution >= 0.6 is 27.3 Å². The molecule has 20 heavy (non-hydrogen) atoms. The predicted octanol–water partition coefficient (Wildman–Crippen LogP) is 3.55. The van der Waals surface area contributed by atoms with Crippen molar-refractivity contribution < 1.29 is 0 Å². The zero-order valence-electron chi connectivity index (χ0n) is 12.1. The molecule has 0 aliphatic heterocycles. The van der Waals surface area contributed by atoms with Gasteiger partial charge in [-0.1, -0.05) is 20.8 Å². The van der Waals surface area contributed by atoms with E-state index < -0.39 is 0 Å². The minimum Gasteiger partial charge on any atom is -0.326 e. The quantitative estimate of drug-likeness (QED) is 0.860. The molecule has 0 saturated carbocycles. The summed E-state index contributed by atoms with van der Waals surface area (Å²) in [5.74, 6) is 1.91. The van der Waals surface area contributed by atoms with E-state index in [0.717, 1.165) is 34.7 Å². The van der Waals surface area contributed by atoms with Crippen LogP contribution < -0.4 is 5.73 Å². The number of nitrogens with two attached hydrogens (primary N) is 1. The van der Waals surface area contributed by atoms with Gasteiger partial charge in [-0.05, 0) is 34.5 Å². The van der Waals surface area contributed by atoms with Gasteiger partial charge < -0.3 is 5.73 Å². The molecule has 0 aliphatic rings. The van der Waals surface area contributed by atoms with Gasteiger partial charge in [0.1, 0.15) is 11.9 Å². The fraction of sp³-hybridized carbons (Fsp3) is 0.571. The van der Waals surface area contributed by atoms with E-state index in [4.69, 9.17) is 5.73 Å². The normalized spacial score (nSPS) is 14.4. The molecule has 4 nitrogen and oxygen atoms in total. The van der Waals surface area contributed by atoms with Gasteiger partial charge in [0.15, 0.2) is 5.82 Å². The Kier molecular flexibility index (Phi) is 5.35. The topological polar surface area (TPSA) is 56.7 Å². The Morgan fingerprint density at radius 1 is 1.30 bits per heavy atom. The van der Waals surface area contributed by atoms with Crippen LogP contribution in [0.25, 0.3) is 0 Å². The molecule has 2 aromatic rings. The van der Waals surface area contributed by atoms with E-state index in [9.17, 15) is 0 Å². The summed E-state index contributed by atoms with van der Waals surface area (Å²) < 4.78 is 3.15. The van der Waals surface area contributed by atoms with Crippen molar-refractivity contribution in [2.75, 3.05) is 0 Å². The first-order chi connectivity index (χ1) is 9.60. The van der Waals surface area contributed by atoms with Gasteiger partial charge in [0, 0.05) is 23.8 Å². The largest absolute Gasteiger partial charge is 0.326 e. The van der Waals surface area contributed by atoms with Crippen molar-refractivity contribution in [3.05, 3.63) is 32.4 Å². The van der Waals surface area contributed by atoms with Crippen molar-refractivity contribution >= 4 is 27.3 Å². The Morgan fingerprint density at radius 3 is 2.55 bits per heavy atom. The van der Waals surface area contributed by atoms with Crippen LogP contribution in [0.1, 0.15) is 49.8 Å². The number of halogens is 1. The van der Waals surface area contributed by atoms with Crippen molar-refractivity contribution in [2.24, 2.45) is 5.73 Å². The molecule has 6 heteroatoms. The predicted molar refractivity (Wildman–Crippen MR) is 87.2 cm³/mol. The standard InChI is InChI=1S/C14H21BrN4S/c1-4-9(16)14(10-7-8-11(15)20-10)19-13(6-3)17-12(5-2)18-19/h7-9,14H,4-6,16H2,1-3H3. The van der Waals surface area contributed by atoms with Gasteiger partial charge in [0.2, 0.25) is 0 Å². The van der Waals surface area contributed by atoms with Crippen LogP contribution in [0, 0.1) is 0 Å². The van der Waals surface area contributed by atoms with Gasteiger partial charge in [0.25, 0.3) is 0 Å². The smallest absolute Gasteiger partial charge is 0.150 e. The maximum Gasteiger partial charge on any atom is 0.150 e. The van der Waals surface area contributed by atoms with Crippen LogP contribution in [-0.2, 0) is 12.8 Å². The van der Waals surface area contributed by atoms with Crippen LogP contribution in [0.15, 0.2) is 15.9 Å². The second-order valence-electron chi connectivity index (χ2n) is 4.75. The molecule has 2 aromatic heterocycles. The third-order valence-electron chi connectivity index (χ3n) is 3.40. The highest BCUT2D eigenvalue weighted by molar-refractivity contribution is 9.11. The highest BCUT2D eigenvalue weighted by atomic mass is 79.9. The number of aryl methyl sites for hydroxylation is 2. The zero-order chi connectivity index (χ0) is 14.7. The molecule has 2 rings (SSSR count). The van der Waals surface area contributed by atoms with Crippen molar-refractivity contribution in [1.29, 1.82) is 0 Å². The SMILES string of the molecule is CCc1nc(CC)n(C(c2ccc(Br)s2)C(N)CC)n1. The second kappa shape index (κ2) is 6.83. The molecule has 0 saturated heterocycles. The third kappa shape index (κ3) is 3.13. The second-order valence-corrected chi connectivity index (χ2v) is 7.25. The molecule has 2 atom stereocenters. The van der Waals surface area contributed by atoms with E-state index in [1.165, 1.54) is 4.88 Å². The summed E-state index contributed by atoms with van der Waals surface area (Å²) in [5.41, 5.74) is 6.37. The molecule has 0 fully saturated rings. The molecule has 2 unspecified atom stereocenters. The summed E-state index contributed by atoms with van der Waals surface area (Å²) in [6.45, 7) is 6.30. The number of hydrogen-bond donors (Lipinski definition) is 1. The van der Waals surface area contributed by atoms with Crippen molar-refractivity contribution in [2.45, 2.75) is 52.1 Å². The summed E-state index contributed by atoms with van der Waals surface area (Å²) in [5, 5.41) is 4.67. The minimum atomic E-state index is 0.0391. The van der Waals surface area contributed by atoms with Gasteiger partial charge >= 0.3 is 0 Å². The highest BCUT2D eigenvalue weighted by Gasteiger charge is 2.26. The Balaban J connectivity index is 2.48. The first-order valence-corrected chi connectivity index (χ1v) is 8.66. The summed E-state index contributed by atoms with van der Waals surface area (Å²) in [6, 6.07) is 4.30. The molecule has 0 aliphatic carbocycles. The molecule has 0 aromatic carbocycles. The van der Waals surface area contributed by atoms with Crippen LogP contribution in [0.3, 0.4) is 0 Å². The molecule has 110 valence electrons. The first-order valence-electron chi connectivity index (χ1n) is 7.05. The number of thiophene rings is 1. The molecule has 0 bridgehead atoms. The Labute approximate surface area is 132 Å². The molecule has 2 heterocycles. The summed E-state index contributed by atoms with van der Waals surface area (Å²) in [4.78, 5) is 5.84. The van der Waals surface area contributed by atoms with Gasteiger partial charge in [-0.15, -0.1) is 11.3 Å². The number of hydrogen-bond acceptors (Lipinski definition) is 4. The molecule has 0 spiro atoms. The highest BCUT2D eigenvalue weighted by Crippen LogP contribution is 2.32. The van der Waals surface area contributed by atoms with E-state index in [2.05, 4.69) is 58.9 Å². The molecule has 0 radical (unpaired) electrons. The summed E-state index contributed by atoms with van der Waals surface area (Å²) >= 11 is 5.25. The maximum atomic E-state index is 6.37. The number of rotatable bonds is 6. The van der Waals surface area contributed by atoms with Crippen LogP contribution in [0.4, 0.5) is 0 Å². The van der Waals surface area contributed by atoms with E-state index >= 15 is 0 Å². The third-order valence-corrected chi connectivity index (χ3v) is 5.10. The summed E-state index contributed by atoms with van der Waals surface area (Å²) in [6.07, 6.45) is 2.62. The van der Waals surface area contributed by atoms with Gasteiger partial charge in [0.05, 0.1) is 3.79 Å². The average molecular weight is 357 g/mol. The molecular formula is C14H21BrN4S. The fourth-order valence-electron chi connectivity index (χ4n) is 2.24. The lowest BCUT2D eigenvalue weighted by atomic mass is 10.1. The summed E-state index contributed by atoms with van der Waals surface area (Å²) in [7, 11) is 0. The molecule has 2 N–H and O–H groups in total. The maximum absolute atomic E-state index is 6.37. The fourth-order valence-corrected chi connectivity index (χ4v) is 3.83. The average Bonchev–Trinajstić information content (AvgIpc) is 3.05. The molecular weight excluding hydrogens is 336 g/mol. The van der Waals surface area contributed by atoms with Crippen molar-refractivity contribution in [3.8, 4) is 0 Å². The first kappa shape index (κ1) is 15.7. The van der Waals surface area contributed by atoms with Gasteiger partial charge in [-0.25, -0.2) is 9.67 Å². The Morgan fingerprint density at radius 2 is 2.05 bits per heavy atom. The van der Waals surface area contributed by atoms with Crippen LogP contribution in [-0.4, -0.2) is 20.8 Å². The van der Waals surface area contributed by atoms with Gasteiger partial charge in [-0.2, -0.15) is 5.10 Å². The Bertz CT molecular complexity index is 563. The minimum absolute atomic E-state index is 0.0391. The lowest BCUT2D eigenvalue weighted by Crippen LogP contribution is -2.33. The van der Waals surface area contributed by atoms with E-state index in [1.54, 1.807) is 11.3 Å². The van der Waals surface area contributed by atoms with Gasteiger partial charge in [-0.3, -0.25) is 0 Å². The van der Waals surface area contributed by atoms with Crippen molar-refractivity contribution in [1.82, 2.24) is 14.8 Å². The van der Waals surface area contributed by atoms with E-state index in [0.29, 0.717) is 0 Å². The zero-order valence-corrected chi connectivity index (χ0v) is 14.5. The number of nitrogens with zero attached hydrogens (tertiary/aromatic N) is 3. The monoisotopic (exact) mass is 356 g/mol. The molecule has 0 amide bonds. The van der Waals surface area contributed by atoms with Crippen LogP contribution in [0.5, 0.6) is 0 Å². The van der Waals surface area contributed by atoms with E-state index in [1.807, 2.05) is 4.68 Å². The van der Waals surface area contributed by atoms with Crippen molar-refractivity contribution in [3.63, 3.8) is 0 Å². The van der Waals surface area contributed by atoms with E-state index in [-0.39, 0.29) is 12.1 Å². The Hall–Kier alpha value is -0.720. The lowest BCUT2D eigenvalue weighted by molar-refractivity contribution is 0.415. The van der Waals surface area contributed by atoms with Crippen LogP contribution in [0.2, 0.25) is 0 Å².